The van der Waals surface area contributed by atoms with Gasteiger partial charge in [-0.1, -0.05) is 102 Å². The first-order valence-corrected chi connectivity index (χ1v) is 13.4. The molecule has 0 aliphatic heterocycles. The number of esters is 2. The highest BCUT2D eigenvalue weighted by Gasteiger charge is 2.14. The van der Waals surface area contributed by atoms with E-state index in [0.717, 1.165) is 24.8 Å². The second-order valence-corrected chi connectivity index (χ2v) is 9.10. The molecule has 0 N–H and O–H groups in total. The highest BCUT2D eigenvalue weighted by atomic mass is 16.5. The molecule has 0 saturated carbocycles. The lowest BCUT2D eigenvalue weighted by Crippen LogP contribution is -2.17. The maximum absolute atomic E-state index is 12.5. The van der Waals surface area contributed by atoms with Gasteiger partial charge in [-0.15, -0.1) is 0 Å². The van der Waals surface area contributed by atoms with Gasteiger partial charge in [0, 0.05) is 6.08 Å². The van der Waals surface area contributed by atoms with Crippen molar-refractivity contribution in [2.24, 2.45) is 0 Å². The van der Waals surface area contributed by atoms with Gasteiger partial charge >= 0.3 is 11.9 Å². The van der Waals surface area contributed by atoms with Crippen LogP contribution in [0, 0.1) is 0 Å². The van der Waals surface area contributed by atoms with Gasteiger partial charge in [-0.05, 0) is 55.2 Å². The smallest absolute Gasteiger partial charge is 0.338 e. The quantitative estimate of drug-likeness (QED) is 0.0989. The molecule has 0 spiro atoms. The van der Waals surface area contributed by atoms with Crippen molar-refractivity contribution >= 4 is 18.0 Å². The van der Waals surface area contributed by atoms with E-state index in [2.05, 4.69) is 13.8 Å². The third-order valence-corrected chi connectivity index (χ3v) is 6.13. The Balaban J connectivity index is 1.66. The molecule has 2 aromatic rings. The Labute approximate surface area is 211 Å². The Bertz CT molecular complexity index is 871. The minimum Gasteiger partial charge on any atom is -0.459 e. The Morgan fingerprint density at radius 1 is 0.771 bits per heavy atom. The van der Waals surface area contributed by atoms with Crippen LogP contribution in [0.2, 0.25) is 0 Å². The lowest BCUT2D eigenvalue weighted by atomic mass is 10.0. The Morgan fingerprint density at radius 2 is 1.37 bits per heavy atom. The fraction of sp³-hybridized carbons (Fsp3) is 0.484. The summed E-state index contributed by atoms with van der Waals surface area (Å²) in [4.78, 5) is 24.6. The maximum Gasteiger partial charge on any atom is 0.338 e. The molecule has 0 bridgehead atoms. The molecule has 35 heavy (non-hydrogen) atoms. The molecule has 2 aromatic carbocycles. The maximum atomic E-state index is 12.5. The third-order valence-electron chi connectivity index (χ3n) is 6.13. The standard InChI is InChI=1S/C31H42O4/c1-3-5-6-7-8-9-10-11-12-16-19-28(4-2)35-31(33)27-21-23-29(24-22-27)34-30(32)25-20-26-17-14-13-15-18-26/h13-15,17-18,20-25,28H,3-12,16,19H2,1-2H3/b25-20+. The van der Waals surface area contributed by atoms with Crippen LogP contribution in [0.3, 0.4) is 0 Å². The average Bonchev–Trinajstić information content (AvgIpc) is 2.88. The van der Waals surface area contributed by atoms with Crippen LogP contribution >= 0.6 is 0 Å². The molecule has 190 valence electrons. The van der Waals surface area contributed by atoms with Crippen molar-refractivity contribution in [3.63, 3.8) is 0 Å². The summed E-state index contributed by atoms with van der Waals surface area (Å²) < 4.78 is 11.0. The average molecular weight is 479 g/mol. The summed E-state index contributed by atoms with van der Waals surface area (Å²) in [6.07, 6.45) is 17.7. The van der Waals surface area contributed by atoms with Gasteiger partial charge in [-0.2, -0.15) is 0 Å². The summed E-state index contributed by atoms with van der Waals surface area (Å²) >= 11 is 0. The largest absolute Gasteiger partial charge is 0.459 e. The summed E-state index contributed by atoms with van der Waals surface area (Å²) in [6, 6.07) is 16.1. The Kier molecular flexibility index (Phi) is 14.2. The van der Waals surface area contributed by atoms with Crippen molar-refractivity contribution in [2.75, 3.05) is 0 Å². The molecule has 0 amide bonds. The monoisotopic (exact) mass is 478 g/mol. The molecule has 0 aliphatic rings. The van der Waals surface area contributed by atoms with Crippen molar-refractivity contribution in [2.45, 2.75) is 97.0 Å². The Hall–Kier alpha value is -2.88. The fourth-order valence-corrected chi connectivity index (χ4v) is 3.96. The van der Waals surface area contributed by atoms with Crippen molar-refractivity contribution < 1.29 is 19.1 Å². The van der Waals surface area contributed by atoms with E-state index in [4.69, 9.17) is 9.47 Å². The number of rotatable bonds is 17. The van der Waals surface area contributed by atoms with E-state index < -0.39 is 5.97 Å². The minimum atomic E-state index is -0.466. The molecule has 4 nitrogen and oxygen atoms in total. The summed E-state index contributed by atoms with van der Waals surface area (Å²) in [5.74, 6) is -0.404. The van der Waals surface area contributed by atoms with Gasteiger partial charge < -0.3 is 9.47 Å². The van der Waals surface area contributed by atoms with Crippen molar-refractivity contribution in [1.82, 2.24) is 0 Å². The van der Waals surface area contributed by atoms with Gasteiger partial charge in [-0.25, -0.2) is 9.59 Å². The normalized spacial score (nSPS) is 11.9. The van der Waals surface area contributed by atoms with E-state index in [1.54, 1.807) is 30.3 Å². The molecule has 0 heterocycles. The van der Waals surface area contributed by atoms with Crippen LogP contribution in [-0.2, 0) is 9.53 Å². The molecule has 0 radical (unpaired) electrons. The topological polar surface area (TPSA) is 52.6 Å². The second kappa shape index (κ2) is 17.5. The number of carbonyl (C=O) groups excluding carboxylic acids is 2. The summed E-state index contributed by atoms with van der Waals surface area (Å²) in [7, 11) is 0. The second-order valence-electron chi connectivity index (χ2n) is 9.10. The van der Waals surface area contributed by atoms with Crippen LogP contribution in [0.5, 0.6) is 5.75 Å². The van der Waals surface area contributed by atoms with Crippen LogP contribution in [0.25, 0.3) is 6.08 Å². The van der Waals surface area contributed by atoms with Gasteiger partial charge in [0.1, 0.15) is 11.9 Å². The first-order chi connectivity index (χ1) is 17.1. The highest BCUT2D eigenvalue weighted by molar-refractivity contribution is 5.90. The number of benzene rings is 2. The molecule has 0 fully saturated rings. The molecular weight excluding hydrogens is 436 g/mol. The van der Waals surface area contributed by atoms with Crippen LogP contribution in [0.1, 0.15) is 107 Å². The number of hydrogen-bond donors (Lipinski definition) is 0. The summed E-state index contributed by atoms with van der Waals surface area (Å²) in [6.45, 7) is 4.31. The van der Waals surface area contributed by atoms with E-state index in [0.29, 0.717) is 11.3 Å². The van der Waals surface area contributed by atoms with E-state index >= 15 is 0 Å². The first kappa shape index (κ1) is 28.4. The van der Waals surface area contributed by atoms with Gasteiger partial charge in [-0.3, -0.25) is 0 Å². The zero-order valence-corrected chi connectivity index (χ0v) is 21.5. The minimum absolute atomic E-state index is 0.0582. The molecule has 0 aliphatic carbocycles. The molecule has 0 aromatic heterocycles. The van der Waals surface area contributed by atoms with Crippen LogP contribution in [0.15, 0.2) is 60.7 Å². The summed E-state index contributed by atoms with van der Waals surface area (Å²) in [5.41, 5.74) is 1.39. The molecular formula is C31H42O4. The van der Waals surface area contributed by atoms with Crippen LogP contribution in [-0.4, -0.2) is 18.0 Å². The van der Waals surface area contributed by atoms with Crippen LogP contribution in [0.4, 0.5) is 0 Å². The lowest BCUT2D eigenvalue weighted by molar-refractivity contribution is -0.128. The fourth-order valence-electron chi connectivity index (χ4n) is 3.96. The van der Waals surface area contributed by atoms with Crippen LogP contribution < -0.4 is 4.74 Å². The number of hydrogen-bond acceptors (Lipinski definition) is 4. The zero-order chi connectivity index (χ0) is 25.1. The van der Waals surface area contributed by atoms with Gasteiger partial charge in [0.25, 0.3) is 0 Å². The Morgan fingerprint density at radius 3 is 1.97 bits per heavy atom. The number of ether oxygens (including phenoxy) is 2. The molecule has 1 atom stereocenters. The van der Waals surface area contributed by atoms with Crippen molar-refractivity contribution in [3.05, 3.63) is 71.8 Å². The van der Waals surface area contributed by atoms with E-state index in [9.17, 15) is 9.59 Å². The molecule has 4 heteroatoms. The summed E-state index contributed by atoms with van der Waals surface area (Å²) in [5, 5.41) is 0. The predicted octanol–water partition coefficient (Wildman–Crippen LogP) is 8.55. The van der Waals surface area contributed by atoms with E-state index in [1.165, 1.54) is 63.9 Å². The SMILES string of the molecule is CCCCCCCCCCCCC(CC)OC(=O)c1ccc(OC(=O)/C=C/c2ccccc2)cc1. The molecule has 2 rings (SSSR count). The van der Waals surface area contributed by atoms with Gasteiger partial charge in [0.15, 0.2) is 0 Å². The van der Waals surface area contributed by atoms with Gasteiger partial charge in [0.2, 0.25) is 0 Å². The van der Waals surface area contributed by atoms with Crippen molar-refractivity contribution in [1.29, 1.82) is 0 Å². The van der Waals surface area contributed by atoms with Crippen molar-refractivity contribution in [3.8, 4) is 5.75 Å². The van der Waals surface area contributed by atoms with E-state index in [1.807, 2.05) is 30.3 Å². The van der Waals surface area contributed by atoms with Gasteiger partial charge in [0.05, 0.1) is 5.56 Å². The zero-order valence-electron chi connectivity index (χ0n) is 21.5. The predicted molar refractivity (Wildman–Crippen MR) is 144 cm³/mol. The third kappa shape index (κ3) is 12.4. The number of carbonyl (C=O) groups is 2. The molecule has 1 unspecified atom stereocenters. The number of unbranched alkanes of at least 4 members (excludes halogenated alkanes) is 9. The molecule has 0 saturated heterocycles. The van der Waals surface area contributed by atoms with E-state index in [-0.39, 0.29) is 12.1 Å². The first-order valence-electron chi connectivity index (χ1n) is 13.4. The lowest BCUT2D eigenvalue weighted by Gasteiger charge is -2.16. The highest BCUT2D eigenvalue weighted by Crippen LogP contribution is 2.18.